The quantitative estimate of drug-likeness (QED) is 0.0719. The molecule has 0 N–H and O–H groups in total. The molecule has 1 heteroatoms. The lowest BCUT2D eigenvalue weighted by Crippen LogP contribution is -2.33. The Bertz CT molecular complexity index is 594. The minimum atomic E-state index is 0.960. The summed E-state index contributed by atoms with van der Waals surface area (Å²) >= 11 is 0. The van der Waals surface area contributed by atoms with Gasteiger partial charge in [0.15, 0.2) is 12.4 Å². The number of aromatic nitrogens is 1. The molecule has 0 aliphatic carbocycles. The zero-order valence-corrected chi connectivity index (χ0v) is 26.6. The summed E-state index contributed by atoms with van der Waals surface area (Å²) < 4.78 is 2.48. The highest BCUT2D eigenvalue weighted by atomic mass is 14.9. The molecule has 1 atom stereocenters. The van der Waals surface area contributed by atoms with Gasteiger partial charge in [0.1, 0.15) is 6.54 Å². The van der Waals surface area contributed by atoms with E-state index in [9.17, 15) is 0 Å². The predicted octanol–water partition coefficient (Wildman–Crippen LogP) is 12.3. The molecule has 0 spiro atoms. The highest BCUT2D eigenvalue weighted by Gasteiger charge is 2.11. The number of pyridine rings is 1. The van der Waals surface area contributed by atoms with Crippen LogP contribution in [0.15, 0.2) is 24.5 Å². The molecule has 0 aromatic carbocycles. The van der Waals surface area contributed by atoms with Crippen molar-refractivity contribution in [2.75, 3.05) is 0 Å². The van der Waals surface area contributed by atoms with E-state index in [1.807, 2.05) is 0 Å². The second-order valence-corrected chi connectivity index (χ2v) is 12.5. The van der Waals surface area contributed by atoms with Crippen molar-refractivity contribution in [3.8, 4) is 0 Å². The third kappa shape index (κ3) is 22.0. The van der Waals surface area contributed by atoms with Gasteiger partial charge in [-0.2, -0.15) is 0 Å². The van der Waals surface area contributed by atoms with E-state index < -0.39 is 0 Å². The maximum atomic E-state index is 2.48. The molecule has 1 aromatic heterocycles. The third-order valence-electron chi connectivity index (χ3n) is 8.70. The topological polar surface area (TPSA) is 3.88 Å². The van der Waals surface area contributed by atoms with Crippen molar-refractivity contribution in [3.05, 3.63) is 30.1 Å². The summed E-state index contributed by atoms with van der Waals surface area (Å²) in [4.78, 5) is 0. The van der Waals surface area contributed by atoms with E-state index in [1.165, 1.54) is 180 Å². The van der Waals surface area contributed by atoms with Crippen molar-refractivity contribution < 1.29 is 4.57 Å². The minimum Gasteiger partial charge on any atom is -0.205 e. The summed E-state index contributed by atoms with van der Waals surface area (Å²) in [5.41, 5.74) is 1.54. The summed E-state index contributed by atoms with van der Waals surface area (Å²) in [5.74, 6) is 0.960. The number of rotatable bonds is 29. The van der Waals surface area contributed by atoms with Gasteiger partial charge >= 0.3 is 0 Å². The Kier molecular flexibility index (Phi) is 25.6. The van der Waals surface area contributed by atoms with Crippen LogP contribution in [0, 0.1) is 5.92 Å². The molecule has 1 rings (SSSR count). The summed E-state index contributed by atoms with van der Waals surface area (Å²) in [7, 11) is 0. The van der Waals surface area contributed by atoms with E-state index in [0.29, 0.717) is 0 Å². The molecule has 0 aliphatic rings. The molecule has 0 amide bonds. The maximum absolute atomic E-state index is 2.48. The Balaban J connectivity index is 2.31. The Morgan fingerprint density at radius 3 is 1.42 bits per heavy atom. The van der Waals surface area contributed by atoms with Crippen molar-refractivity contribution >= 4 is 0 Å². The summed E-state index contributed by atoms with van der Waals surface area (Å²) in [6.07, 6.45) is 43.2. The monoisotopic (exact) mass is 529 g/mol. The Hall–Kier alpha value is -0.850. The zero-order valence-electron chi connectivity index (χ0n) is 26.6. The fourth-order valence-corrected chi connectivity index (χ4v) is 6.10. The molecule has 1 heterocycles. The van der Waals surface area contributed by atoms with Gasteiger partial charge in [0.05, 0.1) is 0 Å². The van der Waals surface area contributed by atoms with E-state index in [4.69, 9.17) is 0 Å². The fraction of sp³-hybridized carbons (Fsp3) is 0.865. The van der Waals surface area contributed by atoms with Crippen LogP contribution in [0.25, 0.3) is 0 Å². The molecule has 0 fully saturated rings. The number of unbranched alkanes of at least 4 members (excludes halogenated alkanes) is 19. The largest absolute Gasteiger partial charge is 0.205 e. The summed E-state index contributed by atoms with van der Waals surface area (Å²) in [6.45, 7) is 8.15. The lowest BCUT2D eigenvalue weighted by atomic mass is 9.90. The first-order valence-electron chi connectivity index (χ1n) is 17.8. The number of hydrogen-bond acceptors (Lipinski definition) is 0. The van der Waals surface area contributed by atoms with E-state index >= 15 is 0 Å². The number of nitrogens with zero attached hydrogens (tertiary/aromatic N) is 1. The molecule has 222 valence electrons. The fourth-order valence-electron chi connectivity index (χ4n) is 6.10. The molecular formula is C37H70N+. The van der Waals surface area contributed by atoms with Gasteiger partial charge in [-0.1, -0.05) is 168 Å². The van der Waals surface area contributed by atoms with Crippen LogP contribution < -0.4 is 4.57 Å². The lowest BCUT2D eigenvalue weighted by Gasteiger charge is -2.16. The first-order valence-corrected chi connectivity index (χ1v) is 17.8. The lowest BCUT2D eigenvalue weighted by molar-refractivity contribution is -0.697. The molecule has 0 radical (unpaired) electrons. The number of aryl methyl sites for hydroxylation is 2. The van der Waals surface area contributed by atoms with Crippen LogP contribution in [0.2, 0.25) is 0 Å². The smallest absolute Gasteiger partial charge is 0.171 e. The van der Waals surface area contributed by atoms with Crippen molar-refractivity contribution in [2.24, 2.45) is 5.92 Å². The van der Waals surface area contributed by atoms with E-state index in [0.717, 1.165) is 5.92 Å². The van der Waals surface area contributed by atoms with Gasteiger partial charge in [-0.15, -0.1) is 0 Å². The average Bonchev–Trinajstić information content (AvgIpc) is 2.93. The van der Waals surface area contributed by atoms with Gasteiger partial charge in [-0.05, 0) is 31.2 Å². The van der Waals surface area contributed by atoms with E-state index in [2.05, 4.69) is 49.9 Å². The molecule has 0 saturated heterocycles. The van der Waals surface area contributed by atoms with Crippen LogP contribution >= 0.6 is 0 Å². The Labute approximate surface area is 241 Å². The average molecular weight is 529 g/mol. The minimum absolute atomic E-state index is 0.960. The van der Waals surface area contributed by atoms with Crippen LogP contribution in [0.3, 0.4) is 0 Å². The molecule has 1 aromatic rings. The highest BCUT2D eigenvalue weighted by Crippen LogP contribution is 2.23. The molecule has 0 saturated carbocycles. The van der Waals surface area contributed by atoms with Gasteiger partial charge in [-0.3, -0.25) is 0 Å². The third-order valence-corrected chi connectivity index (χ3v) is 8.70. The normalized spacial score (nSPS) is 12.3. The van der Waals surface area contributed by atoms with Crippen LogP contribution in [0.5, 0.6) is 0 Å². The van der Waals surface area contributed by atoms with E-state index in [-0.39, 0.29) is 0 Å². The first-order chi connectivity index (χ1) is 18.8. The SMILES string of the molecule is CCCCCCCCCCC(CCCCCCCCC)CCC[n+]1cccc(CCCCCCCCC)c1. The van der Waals surface area contributed by atoms with Gasteiger partial charge in [0.2, 0.25) is 0 Å². The van der Waals surface area contributed by atoms with Gasteiger partial charge in [-0.25, -0.2) is 4.57 Å². The van der Waals surface area contributed by atoms with Gasteiger partial charge in [0, 0.05) is 18.1 Å². The first kappa shape index (κ1) is 35.2. The van der Waals surface area contributed by atoms with Crippen LogP contribution in [-0.4, -0.2) is 0 Å². The maximum Gasteiger partial charge on any atom is 0.171 e. The summed E-state index contributed by atoms with van der Waals surface area (Å²) in [5, 5.41) is 0. The molecule has 0 bridgehead atoms. The number of hydrogen-bond donors (Lipinski definition) is 0. The predicted molar refractivity (Wildman–Crippen MR) is 171 cm³/mol. The molecule has 38 heavy (non-hydrogen) atoms. The molecule has 0 aliphatic heterocycles. The highest BCUT2D eigenvalue weighted by molar-refractivity contribution is 5.05. The zero-order chi connectivity index (χ0) is 27.4. The standard InChI is InChI=1S/C37H70N/c1-4-7-10-13-16-19-21-24-29-36(28-23-20-17-14-11-8-5-2)31-26-33-38-34-27-32-37(35-38)30-25-22-18-15-12-9-6-3/h27,32,34-36H,4-26,28-31,33H2,1-3H3/q+1. The van der Waals surface area contributed by atoms with Crippen molar-refractivity contribution in [1.29, 1.82) is 0 Å². The Morgan fingerprint density at radius 1 is 0.500 bits per heavy atom. The summed E-state index contributed by atoms with van der Waals surface area (Å²) in [6, 6.07) is 4.63. The molecule has 1 unspecified atom stereocenters. The second kappa shape index (κ2) is 27.7. The Morgan fingerprint density at radius 2 is 0.921 bits per heavy atom. The van der Waals surface area contributed by atoms with Gasteiger partial charge < -0.3 is 0 Å². The van der Waals surface area contributed by atoms with Crippen LogP contribution in [0.4, 0.5) is 0 Å². The van der Waals surface area contributed by atoms with Crippen molar-refractivity contribution in [2.45, 2.75) is 201 Å². The van der Waals surface area contributed by atoms with Crippen LogP contribution in [0.1, 0.15) is 193 Å². The molecular weight excluding hydrogens is 458 g/mol. The van der Waals surface area contributed by atoms with Crippen LogP contribution in [-0.2, 0) is 13.0 Å². The van der Waals surface area contributed by atoms with E-state index in [1.54, 1.807) is 5.56 Å². The second-order valence-electron chi connectivity index (χ2n) is 12.5. The molecule has 1 nitrogen and oxygen atoms in total. The van der Waals surface area contributed by atoms with Crippen molar-refractivity contribution in [3.63, 3.8) is 0 Å². The van der Waals surface area contributed by atoms with Crippen molar-refractivity contribution in [1.82, 2.24) is 0 Å². The van der Waals surface area contributed by atoms with Gasteiger partial charge in [0.25, 0.3) is 0 Å².